The standard InChI is InChI=1S/C19H23BrClN3O5S2/c1-19(2,3)29-18(26)22-7-6-16(25)23-17-24(13-5-4-11(20)8-12(13)21)14-9-31(27,28)10-15(14)30-17/h4-5,8,14-15H,6-7,9-10H2,1-3H3,(H,22,26)/t14-,15-/m1/s1. The van der Waals surface area contributed by atoms with Gasteiger partial charge in [0.25, 0.3) is 0 Å². The number of thioether (sulfide) groups is 1. The number of sulfone groups is 1. The topological polar surface area (TPSA) is 105 Å². The highest BCUT2D eigenvalue weighted by Gasteiger charge is 2.49. The van der Waals surface area contributed by atoms with Gasteiger partial charge in [0, 0.05) is 22.7 Å². The second-order valence-corrected chi connectivity index (χ2v) is 12.9. The van der Waals surface area contributed by atoms with Crippen LogP contribution in [-0.2, 0) is 19.4 Å². The number of amides is 2. The maximum Gasteiger partial charge on any atom is 0.407 e. The van der Waals surface area contributed by atoms with Crippen LogP contribution < -0.4 is 10.2 Å². The van der Waals surface area contributed by atoms with Crippen LogP contribution in [0, 0.1) is 0 Å². The molecule has 0 radical (unpaired) electrons. The Bertz CT molecular complexity index is 1030. The van der Waals surface area contributed by atoms with Crippen molar-refractivity contribution in [3.63, 3.8) is 0 Å². The number of carbonyl (C=O) groups excluding carboxylic acids is 2. The van der Waals surface area contributed by atoms with Crippen LogP contribution in [0.5, 0.6) is 0 Å². The number of halogens is 2. The molecule has 2 aliphatic heterocycles. The number of nitrogens with one attached hydrogen (secondary N) is 1. The Balaban J connectivity index is 1.75. The molecule has 0 saturated carbocycles. The van der Waals surface area contributed by atoms with E-state index in [4.69, 9.17) is 16.3 Å². The summed E-state index contributed by atoms with van der Waals surface area (Å²) in [6, 6.07) is 4.93. The second-order valence-electron chi connectivity index (χ2n) is 8.23. The van der Waals surface area contributed by atoms with E-state index in [2.05, 4.69) is 26.2 Å². The molecule has 31 heavy (non-hydrogen) atoms. The number of anilines is 1. The number of hydrogen-bond acceptors (Lipinski definition) is 6. The van der Waals surface area contributed by atoms with E-state index in [1.807, 2.05) is 0 Å². The van der Waals surface area contributed by atoms with Crippen LogP contribution in [-0.4, -0.2) is 60.5 Å². The number of amidine groups is 1. The molecule has 0 spiro atoms. The Kier molecular flexibility index (Phi) is 7.29. The molecule has 2 aliphatic rings. The number of ether oxygens (including phenoxy) is 1. The van der Waals surface area contributed by atoms with Crippen molar-refractivity contribution in [3.8, 4) is 0 Å². The van der Waals surface area contributed by atoms with E-state index in [0.717, 1.165) is 4.47 Å². The van der Waals surface area contributed by atoms with Crippen LogP contribution in [0.1, 0.15) is 27.2 Å². The monoisotopic (exact) mass is 551 g/mol. The highest BCUT2D eigenvalue weighted by molar-refractivity contribution is 9.10. The number of carbonyl (C=O) groups is 2. The van der Waals surface area contributed by atoms with Gasteiger partial charge in [0.15, 0.2) is 15.0 Å². The van der Waals surface area contributed by atoms with E-state index in [1.54, 1.807) is 43.9 Å². The van der Waals surface area contributed by atoms with Gasteiger partial charge in [-0.25, -0.2) is 13.2 Å². The number of alkyl carbamates (subject to hydrolysis) is 1. The number of hydrogen-bond donors (Lipinski definition) is 1. The molecule has 0 bridgehead atoms. The third-order valence-corrected chi connectivity index (χ3v) is 8.47. The molecular weight excluding hydrogens is 530 g/mol. The molecule has 2 fully saturated rings. The third-order valence-electron chi connectivity index (χ3n) is 4.46. The smallest absolute Gasteiger partial charge is 0.407 e. The fourth-order valence-corrected chi connectivity index (χ4v) is 7.96. The summed E-state index contributed by atoms with van der Waals surface area (Å²) >= 11 is 11.0. The first kappa shape index (κ1) is 24.3. The number of aliphatic imine (C=N–C) groups is 1. The van der Waals surface area contributed by atoms with Crippen LogP contribution in [0.2, 0.25) is 5.02 Å². The molecule has 2 heterocycles. The summed E-state index contributed by atoms with van der Waals surface area (Å²) in [6.07, 6.45) is -0.620. The molecule has 0 aliphatic carbocycles. The fraction of sp³-hybridized carbons (Fsp3) is 0.526. The maximum absolute atomic E-state index is 12.5. The molecule has 3 rings (SSSR count). The predicted molar refractivity (Wildman–Crippen MR) is 127 cm³/mol. The summed E-state index contributed by atoms with van der Waals surface area (Å²) in [4.78, 5) is 30.1. The van der Waals surface area contributed by atoms with Crippen LogP contribution in [0.15, 0.2) is 27.7 Å². The quantitative estimate of drug-likeness (QED) is 0.608. The first-order valence-electron chi connectivity index (χ1n) is 9.54. The zero-order chi connectivity index (χ0) is 23.0. The summed E-state index contributed by atoms with van der Waals surface area (Å²) in [5.41, 5.74) is -0.0300. The zero-order valence-electron chi connectivity index (χ0n) is 17.2. The summed E-state index contributed by atoms with van der Waals surface area (Å²) in [6.45, 7) is 5.33. The van der Waals surface area contributed by atoms with E-state index < -0.39 is 27.4 Å². The largest absolute Gasteiger partial charge is 0.444 e. The first-order chi connectivity index (χ1) is 14.3. The van der Waals surface area contributed by atoms with E-state index in [-0.39, 0.29) is 35.8 Å². The lowest BCUT2D eigenvalue weighted by Gasteiger charge is -2.25. The van der Waals surface area contributed by atoms with Crippen molar-refractivity contribution < 1.29 is 22.7 Å². The van der Waals surface area contributed by atoms with Crippen LogP contribution in [0.4, 0.5) is 10.5 Å². The summed E-state index contributed by atoms with van der Waals surface area (Å²) in [5.74, 6) is -0.426. The van der Waals surface area contributed by atoms with Gasteiger partial charge >= 0.3 is 6.09 Å². The SMILES string of the molecule is CC(C)(C)OC(=O)NCCC(=O)N=C1S[C@@H]2CS(=O)(=O)C[C@H]2N1c1ccc(Br)cc1Cl. The van der Waals surface area contributed by atoms with Crippen molar-refractivity contribution in [2.45, 2.75) is 44.1 Å². The Morgan fingerprint density at radius 3 is 2.71 bits per heavy atom. The predicted octanol–water partition coefficient (Wildman–Crippen LogP) is 3.62. The lowest BCUT2D eigenvalue weighted by molar-refractivity contribution is -0.117. The lowest BCUT2D eigenvalue weighted by atomic mass is 10.2. The van der Waals surface area contributed by atoms with Crippen molar-refractivity contribution >= 4 is 72.0 Å². The lowest BCUT2D eigenvalue weighted by Crippen LogP contribution is -2.38. The number of rotatable bonds is 4. The average molecular weight is 553 g/mol. The second kappa shape index (κ2) is 9.29. The Morgan fingerprint density at radius 1 is 1.35 bits per heavy atom. The molecule has 170 valence electrons. The van der Waals surface area contributed by atoms with Crippen LogP contribution in [0.25, 0.3) is 0 Å². The van der Waals surface area contributed by atoms with E-state index in [0.29, 0.717) is 15.9 Å². The minimum absolute atomic E-state index is 0.0150. The van der Waals surface area contributed by atoms with Gasteiger partial charge < -0.3 is 15.0 Å². The van der Waals surface area contributed by atoms with Crippen molar-refractivity contribution in [2.24, 2.45) is 4.99 Å². The van der Waals surface area contributed by atoms with E-state index in [1.165, 1.54) is 11.8 Å². The highest BCUT2D eigenvalue weighted by Crippen LogP contribution is 2.43. The third kappa shape index (κ3) is 6.36. The number of benzene rings is 1. The van der Waals surface area contributed by atoms with Gasteiger partial charge in [-0.2, -0.15) is 4.99 Å². The van der Waals surface area contributed by atoms with Gasteiger partial charge in [-0.15, -0.1) is 0 Å². The molecule has 0 aromatic heterocycles. The molecule has 2 atom stereocenters. The Morgan fingerprint density at radius 2 is 2.06 bits per heavy atom. The average Bonchev–Trinajstić information content (AvgIpc) is 3.04. The van der Waals surface area contributed by atoms with Crippen molar-refractivity contribution in [2.75, 3.05) is 23.0 Å². The van der Waals surface area contributed by atoms with Gasteiger partial charge in [-0.3, -0.25) is 4.79 Å². The van der Waals surface area contributed by atoms with E-state index in [9.17, 15) is 18.0 Å². The summed E-state index contributed by atoms with van der Waals surface area (Å²) < 4.78 is 30.2. The Hall–Kier alpha value is -1.30. The van der Waals surface area contributed by atoms with Crippen LogP contribution in [0.3, 0.4) is 0 Å². The van der Waals surface area contributed by atoms with Crippen molar-refractivity contribution in [1.29, 1.82) is 0 Å². The molecule has 2 saturated heterocycles. The van der Waals surface area contributed by atoms with Crippen molar-refractivity contribution in [1.82, 2.24) is 5.32 Å². The number of fused-ring (bicyclic) bond motifs is 1. The van der Waals surface area contributed by atoms with Gasteiger partial charge in [0.2, 0.25) is 5.91 Å². The zero-order valence-corrected chi connectivity index (χ0v) is 21.2. The minimum Gasteiger partial charge on any atom is -0.444 e. The normalized spacial score (nSPS) is 23.6. The summed E-state index contributed by atoms with van der Waals surface area (Å²) in [5, 5.41) is 3.14. The minimum atomic E-state index is -3.17. The molecule has 12 heteroatoms. The summed E-state index contributed by atoms with van der Waals surface area (Å²) in [7, 11) is -3.17. The number of nitrogens with zero attached hydrogens (tertiary/aromatic N) is 2. The van der Waals surface area contributed by atoms with Gasteiger partial charge in [-0.1, -0.05) is 39.3 Å². The Labute approximate surface area is 199 Å². The molecule has 0 unspecified atom stereocenters. The molecule has 1 aromatic carbocycles. The van der Waals surface area contributed by atoms with Gasteiger partial charge in [0.1, 0.15) is 5.60 Å². The maximum atomic E-state index is 12.5. The molecule has 1 aromatic rings. The molecule has 2 amide bonds. The van der Waals surface area contributed by atoms with Crippen LogP contribution >= 0.6 is 39.3 Å². The van der Waals surface area contributed by atoms with Gasteiger partial charge in [-0.05, 0) is 39.0 Å². The molecular formula is C19H23BrClN3O5S2. The highest BCUT2D eigenvalue weighted by atomic mass is 79.9. The van der Waals surface area contributed by atoms with Gasteiger partial charge in [0.05, 0.1) is 28.3 Å². The molecule has 8 nitrogen and oxygen atoms in total. The fourth-order valence-electron chi connectivity index (χ4n) is 3.27. The van der Waals surface area contributed by atoms with E-state index >= 15 is 0 Å². The molecule has 1 N–H and O–H groups in total. The first-order valence-corrected chi connectivity index (χ1v) is 13.4. The van der Waals surface area contributed by atoms with Crippen molar-refractivity contribution in [3.05, 3.63) is 27.7 Å².